The zero-order chi connectivity index (χ0) is 21.5. The topological polar surface area (TPSA) is 94.3 Å². The van der Waals surface area contributed by atoms with Crippen LogP contribution in [-0.2, 0) is 0 Å². The molecule has 1 aliphatic heterocycles. The van der Waals surface area contributed by atoms with Crippen LogP contribution in [0.2, 0.25) is 0 Å². The quantitative estimate of drug-likeness (QED) is 0.673. The van der Waals surface area contributed by atoms with E-state index in [2.05, 4.69) is 44.7 Å². The number of ether oxygens (including phenoxy) is 1. The highest BCUT2D eigenvalue weighted by molar-refractivity contribution is 5.95. The number of rotatable bonds is 5. The summed E-state index contributed by atoms with van der Waals surface area (Å²) in [5.74, 6) is 1.23. The Hall–Kier alpha value is -3.37. The Labute approximate surface area is 175 Å². The maximum Gasteiger partial charge on any atom is 0.157 e. The molecule has 2 aromatic carbocycles. The molecule has 30 heavy (non-hydrogen) atoms. The predicted octanol–water partition coefficient (Wildman–Crippen LogP) is 3.56. The first-order valence-corrected chi connectivity index (χ1v) is 9.91. The van der Waals surface area contributed by atoms with Gasteiger partial charge in [-0.3, -0.25) is 0 Å². The second-order valence-corrected chi connectivity index (χ2v) is 8.12. The highest BCUT2D eigenvalue weighted by Gasteiger charge is 2.36. The molecule has 2 N–H and O–H groups in total. The highest BCUT2D eigenvalue weighted by atomic mass is 16.5. The van der Waals surface area contributed by atoms with Crippen LogP contribution in [0, 0.1) is 18.3 Å². The summed E-state index contributed by atoms with van der Waals surface area (Å²) in [7, 11) is 1.57. The van der Waals surface area contributed by atoms with Crippen molar-refractivity contribution in [3.8, 4) is 11.8 Å². The molecule has 1 atom stereocenters. The Bertz CT molecular complexity index is 1140. The molecule has 2 heterocycles. The zero-order valence-electron chi connectivity index (χ0n) is 17.6. The van der Waals surface area contributed by atoms with E-state index in [-0.39, 0.29) is 6.04 Å². The average molecular weight is 403 g/mol. The number of nitriles is 1. The van der Waals surface area contributed by atoms with Crippen LogP contribution in [0.25, 0.3) is 10.8 Å². The number of methoxy groups -OCH3 is 1. The zero-order valence-corrected chi connectivity index (χ0v) is 17.6. The number of hydrogen-bond acceptors (Lipinski definition) is 7. The minimum Gasteiger partial charge on any atom is -0.495 e. The van der Waals surface area contributed by atoms with Crippen LogP contribution in [-0.4, -0.2) is 41.1 Å². The van der Waals surface area contributed by atoms with Crippen molar-refractivity contribution in [1.29, 1.82) is 5.26 Å². The lowest BCUT2D eigenvalue weighted by atomic mass is 9.95. The predicted molar refractivity (Wildman–Crippen MR) is 117 cm³/mol. The number of fused-ring (bicyclic) bond motifs is 1. The SMILES string of the molecule is COc1c(C#N)cccc1[C@@H](C)Nc1nnc(C)c2ccc(N3CC(C)(O)C3)cc12. The molecule has 0 amide bonds. The van der Waals surface area contributed by atoms with Crippen molar-refractivity contribution in [1.82, 2.24) is 10.2 Å². The summed E-state index contributed by atoms with van der Waals surface area (Å²) in [5.41, 5.74) is 2.63. The number of aliphatic hydroxyl groups is 1. The summed E-state index contributed by atoms with van der Waals surface area (Å²) in [6, 6.07) is 13.7. The molecule has 3 aromatic rings. The Morgan fingerprint density at radius 1 is 1.23 bits per heavy atom. The van der Waals surface area contributed by atoms with E-state index in [4.69, 9.17) is 4.74 Å². The lowest BCUT2D eigenvalue weighted by Gasteiger charge is -2.45. The van der Waals surface area contributed by atoms with Gasteiger partial charge in [0.05, 0.1) is 30.0 Å². The van der Waals surface area contributed by atoms with Crippen molar-refractivity contribution >= 4 is 22.3 Å². The molecule has 0 bridgehead atoms. The standard InChI is InChI=1S/C23H25N5O2/c1-14(19-7-5-6-16(11-24)21(19)30-4)25-22-20-10-17(28-12-23(3,29)13-28)8-9-18(20)15(2)26-27-22/h5-10,14,29H,12-13H2,1-4H3,(H,25,27)/t14-/m1/s1. The fraction of sp³-hybridized carbons (Fsp3) is 0.348. The van der Waals surface area contributed by atoms with Crippen molar-refractivity contribution in [2.24, 2.45) is 0 Å². The van der Waals surface area contributed by atoms with Crippen molar-refractivity contribution in [3.63, 3.8) is 0 Å². The van der Waals surface area contributed by atoms with Gasteiger partial charge in [-0.15, -0.1) is 5.10 Å². The molecule has 0 radical (unpaired) electrons. The van der Waals surface area contributed by atoms with Crippen molar-refractivity contribution in [2.75, 3.05) is 30.4 Å². The van der Waals surface area contributed by atoms with Gasteiger partial charge in [-0.25, -0.2) is 0 Å². The van der Waals surface area contributed by atoms with Gasteiger partial charge in [-0.2, -0.15) is 10.4 Å². The van der Waals surface area contributed by atoms with E-state index < -0.39 is 5.60 Å². The third-order valence-electron chi connectivity index (χ3n) is 5.57. The third-order valence-corrected chi connectivity index (χ3v) is 5.57. The first-order valence-electron chi connectivity index (χ1n) is 9.91. The van der Waals surface area contributed by atoms with E-state index >= 15 is 0 Å². The first kappa shape index (κ1) is 19.9. The monoisotopic (exact) mass is 403 g/mol. The number of aryl methyl sites for hydroxylation is 1. The lowest BCUT2D eigenvalue weighted by Crippen LogP contribution is -2.60. The molecule has 0 spiro atoms. The van der Waals surface area contributed by atoms with Crippen LogP contribution in [0.15, 0.2) is 36.4 Å². The number of para-hydroxylation sites is 1. The summed E-state index contributed by atoms with van der Waals surface area (Å²) >= 11 is 0. The van der Waals surface area contributed by atoms with Crippen molar-refractivity contribution in [3.05, 3.63) is 53.2 Å². The molecular formula is C23H25N5O2. The molecule has 154 valence electrons. The van der Waals surface area contributed by atoms with Crippen molar-refractivity contribution < 1.29 is 9.84 Å². The van der Waals surface area contributed by atoms with E-state index in [9.17, 15) is 10.4 Å². The Kier molecular flexibility index (Phi) is 4.96. The van der Waals surface area contributed by atoms with Gasteiger partial charge in [0.15, 0.2) is 5.82 Å². The minimum absolute atomic E-state index is 0.151. The van der Waals surface area contributed by atoms with Crippen LogP contribution in [0.5, 0.6) is 5.75 Å². The van der Waals surface area contributed by atoms with Crippen LogP contribution in [0.3, 0.4) is 0 Å². The summed E-state index contributed by atoms with van der Waals surface area (Å²) in [6.45, 7) is 7.00. The maximum atomic E-state index is 10.1. The molecule has 0 saturated carbocycles. The molecular weight excluding hydrogens is 378 g/mol. The van der Waals surface area contributed by atoms with E-state index in [1.165, 1.54) is 0 Å². The molecule has 1 aromatic heterocycles. The number of hydrogen-bond donors (Lipinski definition) is 2. The van der Waals surface area contributed by atoms with E-state index in [1.807, 2.05) is 32.9 Å². The van der Waals surface area contributed by atoms with Gasteiger partial charge in [0.1, 0.15) is 11.8 Å². The van der Waals surface area contributed by atoms with Gasteiger partial charge in [0.25, 0.3) is 0 Å². The highest BCUT2D eigenvalue weighted by Crippen LogP contribution is 2.35. The molecule has 0 unspecified atom stereocenters. The second-order valence-electron chi connectivity index (χ2n) is 8.12. The molecule has 1 saturated heterocycles. The van der Waals surface area contributed by atoms with Gasteiger partial charge in [0, 0.05) is 35.1 Å². The van der Waals surface area contributed by atoms with Gasteiger partial charge in [0.2, 0.25) is 0 Å². The van der Waals surface area contributed by atoms with Crippen molar-refractivity contribution in [2.45, 2.75) is 32.4 Å². The fourth-order valence-corrected chi connectivity index (χ4v) is 4.03. The first-order chi connectivity index (χ1) is 14.3. The lowest BCUT2D eigenvalue weighted by molar-refractivity contribution is 0.0310. The summed E-state index contributed by atoms with van der Waals surface area (Å²) < 4.78 is 5.50. The normalized spacial score (nSPS) is 15.9. The van der Waals surface area contributed by atoms with Gasteiger partial charge >= 0.3 is 0 Å². The smallest absolute Gasteiger partial charge is 0.157 e. The maximum absolute atomic E-state index is 10.1. The molecule has 7 nitrogen and oxygen atoms in total. The number of β-amino-alcohol motifs (C(OH)–C–C–N with tert-alkyl or cyclic N) is 1. The molecule has 1 aliphatic rings. The van der Waals surface area contributed by atoms with Crippen LogP contribution in [0.4, 0.5) is 11.5 Å². The van der Waals surface area contributed by atoms with Crippen LogP contribution >= 0.6 is 0 Å². The molecule has 0 aliphatic carbocycles. The average Bonchev–Trinajstić information content (AvgIpc) is 2.72. The number of nitrogens with one attached hydrogen (secondary N) is 1. The molecule has 1 fully saturated rings. The summed E-state index contributed by atoms with van der Waals surface area (Å²) in [5, 5.41) is 33.6. The fourth-order valence-electron chi connectivity index (χ4n) is 4.03. The van der Waals surface area contributed by atoms with Gasteiger partial charge in [-0.1, -0.05) is 18.2 Å². The number of anilines is 2. The Balaban J connectivity index is 1.71. The molecule has 7 heteroatoms. The Morgan fingerprint density at radius 3 is 2.67 bits per heavy atom. The Morgan fingerprint density at radius 2 is 2.00 bits per heavy atom. The largest absolute Gasteiger partial charge is 0.495 e. The van der Waals surface area contributed by atoms with Gasteiger partial charge in [-0.05, 0) is 39.0 Å². The number of aromatic nitrogens is 2. The van der Waals surface area contributed by atoms with E-state index in [1.54, 1.807) is 13.2 Å². The van der Waals surface area contributed by atoms with Crippen LogP contribution in [0.1, 0.15) is 36.7 Å². The third kappa shape index (κ3) is 3.51. The van der Waals surface area contributed by atoms with E-state index in [0.29, 0.717) is 30.2 Å². The number of benzene rings is 2. The summed E-state index contributed by atoms with van der Waals surface area (Å²) in [4.78, 5) is 2.14. The summed E-state index contributed by atoms with van der Waals surface area (Å²) in [6.07, 6.45) is 0. The van der Waals surface area contributed by atoms with E-state index in [0.717, 1.165) is 27.7 Å². The second kappa shape index (κ2) is 7.47. The number of nitrogens with zero attached hydrogens (tertiary/aromatic N) is 4. The van der Waals surface area contributed by atoms with Gasteiger partial charge < -0.3 is 20.1 Å². The van der Waals surface area contributed by atoms with Crippen LogP contribution < -0.4 is 15.0 Å². The molecule has 4 rings (SSSR count). The minimum atomic E-state index is -0.640.